The number of aliphatic carboxylic acids is 1. The van der Waals surface area contributed by atoms with Crippen molar-refractivity contribution in [2.75, 3.05) is 0 Å². The predicted octanol–water partition coefficient (Wildman–Crippen LogP) is 5.18. The van der Waals surface area contributed by atoms with Gasteiger partial charge in [0.15, 0.2) is 0 Å². The molecule has 0 spiro atoms. The van der Waals surface area contributed by atoms with Gasteiger partial charge in [0.2, 0.25) is 5.91 Å². The molecule has 2 aromatic heterocycles. The molecular weight excluding hydrogens is 492 g/mol. The lowest BCUT2D eigenvalue weighted by Gasteiger charge is -2.21. The lowest BCUT2D eigenvalue weighted by atomic mass is 9.91. The molecule has 2 N–H and O–H groups in total. The Morgan fingerprint density at radius 2 is 1.86 bits per heavy atom. The molecule has 0 bridgehead atoms. The summed E-state index contributed by atoms with van der Waals surface area (Å²) in [7, 11) is 0. The van der Waals surface area contributed by atoms with E-state index in [2.05, 4.69) is 15.1 Å². The van der Waals surface area contributed by atoms with Crippen LogP contribution >= 0.6 is 11.6 Å². The fourth-order valence-electron chi connectivity index (χ4n) is 4.67. The van der Waals surface area contributed by atoms with Crippen LogP contribution in [-0.4, -0.2) is 37.7 Å². The molecule has 1 atom stereocenters. The minimum Gasteiger partial charge on any atom is -0.481 e. The fourth-order valence-corrected chi connectivity index (χ4v) is 4.85. The number of aromatic nitrogens is 2. The second kappa shape index (κ2) is 10.4. The number of benzene rings is 2. The molecule has 1 aliphatic rings. The molecule has 0 saturated heterocycles. The van der Waals surface area contributed by atoms with Crippen molar-refractivity contribution in [2.45, 2.75) is 31.7 Å². The van der Waals surface area contributed by atoms with Crippen molar-refractivity contribution in [2.24, 2.45) is 5.10 Å². The van der Waals surface area contributed by atoms with E-state index in [9.17, 15) is 14.4 Å². The van der Waals surface area contributed by atoms with E-state index in [4.69, 9.17) is 16.7 Å². The number of nitrogens with zero attached hydrogens (tertiary/aromatic N) is 3. The summed E-state index contributed by atoms with van der Waals surface area (Å²) in [6.45, 7) is 0. The van der Waals surface area contributed by atoms with Crippen LogP contribution in [0.5, 0.6) is 0 Å². The van der Waals surface area contributed by atoms with E-state index in [1.807, 2.05) is 42.5 Å². The Hall–Kier alpha value is -4.30. The van der Waals surface area contributed by atoms with Crippen molar-refractivity contribution in [1.29, 1.82) is 0 Å². The number of halogens is 1. The Balaban J connectivity index is 1.66. The van der Waals surface area contributed by atoms with Gasteiger partial charge in [0.25, 0.3) is 5.56 Å². The second-order valence-electron chi connectivity index (χ2n) is 8.80. The number of nitrogens with one attached hydrogen (secondary N) is 1. The van der Waals surface area contributed by atoms with E-state index < -0.39 is 12.0 Å². The van der Waals surface area contributed by atoms with E-state index in [1.54, 1.807) is 30.6 Å². The van der Waals surface area contributed by atoms with Crippen LogP contribution in [0.15, 0.2) is 83.0 Å². The molecule has 0 aliphatic carbocycles. The summed E-state index contributed by atoms with van der Waals surface area (Å²) in [4.78, 5) is 44.8. The third-order valence-corrected chi connectivity index (χ3v) is 6.58. The maximum atomic E-state index is 13.5. The van der Waals surface area contributed by atoms with Crippen LogP contribution in [0.3, 0.4) is 0 Å². The third kappa shape index (κ3) is 5.01. The number of rotatable bonds is 7. The number of hydrazone groups is 1. The van der Waals surface area contributed by atoms with Gasteiger partial charge in [-0.1, -0.05) is 48.0 Å². The maximum Gasteiger partial charge on any atom is 0.303 e. The number of fused-ring (bicyclic) bond motifs is 1. The van der Waals surface area contributed by atoms with Gasteiger partial charge in [0, 0.05) is 53.1 Å². The van der Waals surface area contributed by atoms with E-state index >= 15 is 0 Å². The number of amides is 1. The first-order valence-electron chi connectivity index (χ1n) is 11.8. The Kier molecular flexibility index (Phi) is 6.83. The molecular formula is C28H23ClN4O4. The number of carboxylic acid groups (broad SMARTS) is 1. The number of hydrogen-bond acceptors (Lipinski definition) is 5. The molecule has 2 aromatic carbocycles. The minimum absolute atomic E-state index is 0.0229. The zero-order chi connectivity index (χ0) is 25.9. The molecule has 4 aromatic rings. The molecule has 0 saturated carbocycles. The highest BCUT2D eigenvalue weighted by molar-refractivity contribution is 6.31. The monoisotopic (exact) mass is 514 g/mol. The minimum atomic E-state index is -0.962. The van der Waals surface area contributed by atoms with Crippen molar-refractivity contribution in [1.82, 2.24) is 15.0 Å². The molecule has 1 aliphatic heterocycles. The van der Waals surface area contributed by atoms with Gasteiger partial charge in [-0.05, 0) is 41.8 Å². The summed E-state index contributed by atoms with van der Waals surface area (Å²) >= 11 is 6.34. The maximum absolute atomic E-state index is 13.5. The smallest absolute Gasteiger partial charge is 0.303 e. The van der Waals surface area contributed by atoms with Crippen LogP contribution in [0.25, 0.3) is 22.0 Å². The molecule has 37 heavy (non-hydrogen) atoms. The zero-order valence-corrected chi connectivity index (χ0v) is 20.5. The molecule has 0 radical (unpaired) electrons. The first-order valence-corrected chi connectivity index (χ1v) is 12.2. The summed E-state index contributed by atoms with van der Waals surface area (Å²) in [5, 5.41) is 16.3. The summed E-state index contributed by atoms with van der Waals surface area (Å²) in [5.41, 5.74) is 3.43. The topological polar surface area (TPSA) is 116 Å². The van der Waals surface area contributed by atoms with Crippen molar-refractivity contribution in [3.63, 3.8) is 0 Å². The summed E-state index contributed by atoms with van der Waals surface area (Å²) in [6.07, 6.45) is 3.71. The number of carbonyl (C=O) groups excluding carboxylic acids is 1. The van der Waals surface area contributed by atoms with E-state index in [-0.39, 0.29) is 30.7 Å². The zero-order valence-electron chi connectivity index (χ0n) is 19.7. The first-order chi connectivity index (χ1) is 17.9. The quantitative estimate of drug-likeness (QED) is 0.352. The van der Waals surface area contributed by atoms with Crippen LogP contribution in [0.1, 0.15) is 42.9 Å². The van der Waals surface area contributed by atoms with Crippen LogP contribution in [0.4, 0.5) is 0 Å². The highest BCUT2D eigenvalue weighted by Gasteiger charge is 2.35. The second-order valence-corrected chi connectivity index (χ2v) is 9.24. The van der Waals surface area contributed by atoms with E-state index in [0.717, 1.165) is 16.5 Å². The Morgan fingerprint density at radius 3 is 2.59 bits per heavy atom. The van der Waals surface area contributed by atoms with Crippen LogP contribution in [-0.2, 0) is 9.59 Å². The predicted molar refractivity (Wildman–Crippen MR) is 141 cm³/mol. The summed E-state index contributed by atoms with van der Waals surface area (Å²) in [6, 6.07) is 18.0. The van der Waals surface area contributed by atoms with Crippen molar-refractivity contribution in [3.05, 3.63) is 99.6 Å². The Morgan fingerprint density at radius 1 is 1.05 bits per heavy atom. The average Bonchev–Trinajstić information content (AvgIpc) is 3.34. The highest BCUT2D eigenvalue weighted by atomic mass is 35.5. The van der Waals surface area contributed by atoms with Crippen molar-refractivity contribution < 1.29 is 14.7 Å². The van der Waals surface area contributed by atoms with Crippen LogP contribution in [0.2, 0.25) is 5.02 Å². The van der Waals surface area contributed by atoms with Crippen LogP contribution < -0.4 is 5.56 Å². The SMILES string of the molecule is O=C(O)CCCC(=O)N1N=C(c2c(-c3ccccc3)c3cc(Cl)ccc3[nH]c2=O)CC1c1cccnc1. The van der Waals surface area contributed by atoms with E-state index in [0.29, 0.717) is 33.8 Å². The largest absolute Gasteiger partial charge is 0.481 e. The summed E-state index contributed by atoms with van der Waals surface area (Å²) in [5.74, 6) is -1.28. The lowest BCUT2D eigenvalue weighted by Crippen LogP contribution is -2.27. The first kappa shape index (κ1) is 24.4. The van der Waals surface area contributed by atoms with Gasteiger partial charge in [-0.3, -0.25) is 19.4 Å². The number of hydrogen-bond donors (Lipinski definition) is 2. The molecule has 3 heterocycles. The van der Waals surface area contributed by atoms with Crippen molar-refractivity contribution >= 4 is 40.1 Å². The Bertz CT molecular complexity index is 1570. The molecule has 186 valence electrons. The summed E-state index contributed by atoms with van der Waals surface area (Å²) < 4.78 is 0. The molecule has 8 nitrogen and oxygen atoms in total. The van der Waals surface area contributed by atoms with Crippen molar-refractivity contribution in [3.8, 4) is 11.1 Å². The number of H-pyrrole nitrogens is 1. The number of carbonyl (C=O) groups is 2. The van der Waals surface area contributed by atoms with Gasteiger partial charge < -0.3 is 10.1 Å². The molecule has 1 amide bonds. The van der Waals surface area contributed by atoms with Gasteiger partial charge >= 0.3 is 5.97 Å². The lowest BCUT2D eigenvalue weighted by molar-refractivity contribution is -0.137. The Labute approximate surface area is 217 Å². The van der Waals surface area contributed by atoms with E-state index in [1.165, 1.54) is 5.01 Å². The molecule has 0 fully saturated rings. The van der Waals surface area contributed by atoms with Gasteiger partial charge in [-0.15, -0.1) is 0 Å². The number of pyridine rings is 2. The number of aromatic amines is 1. The average molecular weight is 515 g/mol. The third-order valence-electron chi connectivity index (χ3n) is 6.34. The van der Waals surface area contributed by atoms with Gasteiger partial charge in [0.05, 0.1) is 17.3 Å². The normalized spacial score (nSPS) is 15.1. The van der Waals surface area contributed by atoms with Gasteiger partial charge in [-0.2, -0.15) is 5.10 Å². The molecule has 9 heteroatoms. The highest BCUT2D eigenvalue weighted by Crippen LogP contribution is 2.37. The van der Waals surface area contributed by atoms with Crippen LogP contribution in [0, 0.1) is 0 Å². The molecule has 5 rings (SSSR count). The fraction of sp³-hybridized carbons (Fsp3) is 0.179. The standard InChI is InChI=1S/C28H23ClN4O4/c29-19-11-12-21-20(14-19)26(17-6-2-1-3-7-17)27(28(37)31-21)22-15-23(18-8-5-13-30-16-18)33(32-22)24(34)9-4-10-25(35)36/h1-3,5-8,11-14,16,23H,4,9-10,15H2,(H,31,37)(H,35,36). The van der Waals surface area contributed by atoms with Gasteiger partial charge in [0.1, 0.15) is 0 Å². The van der Waals surface area contributed by atoms with Gasteiger partial charge in [-0.25, -0.2) is 5.01 Å². The number of carboxylic acids is 1. The molecule has 1 unspecified atom stereocenters.